The molecule has 0 atom stereocenters. The molecule has 3 heterocycles. The molecule has 0 bridgehead atoms. The SMILES string of the molecule is CCCC1(OCC)CCC(c2nnc3n2-c2ccc(Cl)cc2CC2(C3)OCCO2)CC1. The Labute approximate surface area is 189 Å². The Bertz CT molecular complexity index is 922. The van der Waals surface area contributed by atoms with Gasteiger partial charge < -0.3 is 14.2 Å². The smallest absolute Gasteiger partial charge is 0.179 e. The summed E-state index contributed by atoms with van der Waals surface area (Å²) in [6, 6.07) is 6.07. The minimum Gasteiger partial charge on any atom is -0.375 e. The Morgan fingerprint density at radius 1 is 1.13 bits per heavy atom. The van der Waals surface area contributed by atoms with Gasteiger partial charge in [0.05, 0.1) is 30.9 Å². The Morgan fingerprint density at radius 2 is 1.90 bits per heavy atom. The first-order valence-corrected chi connectivity index (χ1v) is 12.1. The molecule has 168 valence electrons. The molecule has 5 rings (SSSR count). The Hall–Kier alpha value is -1.47. The first kappa shape index (κ1) is 21.4. The van der Waals surface area contributed by atoms with Crippen LogP contribution in [0.5, 0.6) is 0 Å². The van der Waals surface area contributed by atoms with Crippen LogP contribution < -0.4 is 0 Å². The van der Waals surface area contributed by atoms with Crippen LogP contribution in [0, 0.1) is 0 Å². The van der Waals surface area contributed by atoms with E-state index in [2.05, 4.69) is 29.6 Å². The van der Waals surface area contributed by atoms with Gasteiger partial charge in [0.1, 0.15) is 11.6 Å². The quantitative estimate of drug-likeness (QED) is 0.648. The summed E-state index contributed by atoms with van der Waals surface area (Å²) in [5.74, 6) is 1.66. The molecule has 0 N–H and O–H groups in total. The topological polar surface area (TPSA) is 58.4 Å². The van der Waals surface area contributed by atoms with Gasteiger partial charge in [-0.1, -0.05) is 24.9 Å². The van der Waals surface area contributed by atoms with Gasteiger partial charge >= 0.3 is 0 Å². The maximum absolute atomic E-state index is 6.37. The van der Waals surface area contributed by atoms with Crippen LogP contribution in [-0.2, 0) is 27.1 Å². The third-order valence-electron chi connectivity index (χ3n) is 7.16. The number of rotatable bonds is 5. The van der Waals surface area contributed by atoms with E-state index in [4.69, 9.17) is 30.9 Å². The highest BCUT2D eigenvalue weighted by molar-refractivity contribution is 6.30. The van der Waals surface area contributed by atoms with Crippen LogP contribution in [0.2, 0.25) is 5.02 Å². The van der Waals surface area contributed by atoms with Crippen LogP contribution in [0.3, 0.4) is 0 Å². The van der Waals surface area contributed by atoms with Gasteiger partial charge in [0.25, 0.3) is 0 Å². The van der Waals surface area contributed by atoms with Crippen molar-refractivity contribution < 1.29 is 14.2 Å². The van der Waals surface area contributed by atoms with E-state index in [0.717, 1.165) is 73.1 Å². The molecular formula is C24H32ClN3O3. The molecule has 1 spiro atoms. The largest absolute Gasteiger partial charge is 0.375 e. The zero-order valence-electron chi connectivity index (χ0n) is 18.5. The molecule has 2 aromatic rings. The van der Waals surface area contributed by atoms with Gasteiger partial charge in [-0.05, 0) is 62.8 Å². The highest BCUT2D eigenvalue weighted by Gasteiger charge is 2.43. The molecule has 7 heteroatoms. The first-order valence-electron chi connectivity index (χ1n) is 11.7. The lowest BCUT2D eigenvalue weighted by Crippen LogP contribution is -2.37. The monoisotopic (exact) mass is 445 g/mol. The summed E-state index contributed by atoms with van der Waals surface area (Å²) < 4.78 is 20.7. The molecule has 1 aromatic heterocycles. The van der Waals surface area contributed by atoms with Gasteiger partial charge in [-0.25, -0.2) is 0 Å². The van der Waals surface area contributed by atoms with Crippen LogP contribution in [0.15, 0.2) is 18.2 Å². The Morgan fingerprint density at radius 3 is 2.61 bits per heavy atom. The molecule has 1 saturated carbocycles. The van der Waals surface area contributed by atoms with E-state index in [1.54, 1.807) is 0 Å². The highest BCUT2D eigenvalue weighted by atomic mass is 35.5. The van der Waals surface area contributed by atoms with Crippen LogP contribution in [0.1, 0.15) is 75.5 Å². The lowest BCUT2D eigenvalue weighted by molar-refractivity contribution is -0.155. The fourth-order valence-electron chi connectivity index (χ4n) is 5.81. The van der Waals surface area contributed by atoms with Gasteiger partial charge in [-0.3, -0.25) is 4.57 Å². The average Bonchev–Trinajstić information content (AvgIpc) is 3.34. The predicted octanol–water partition coefficient (Wildman–Crippen LogP) is 5.00. The second-order valence-electron chi connectivity index (χ2n) is 9.18. The third-order valence-corrected chi connectivity index (χ3v) is 7.39. The second kappa shape index (κ2) is 8.47. The zero-order valence-corrected chi connectivity index (χ0v) is 19.3. The summed E-state index contributed by atoms with van der Waals surface area (Å²) in [5, 5.41) is 10.1. The molecule has 0 unspecified atom stereocenters. The van der Waals surface area contributed by atoms with Crippen molar-refractivity contribution in [2.24, 2.45) is 0 Å². The summed E-state index contributed by atoms with van der Waals surface area (Å²) in [5.41, 5.74) is 2.26. The standard InChI is InChI=1S/C24H32ClN3O3/c1-3-9-23(29-4-2)10-7-17(8-11-23)22-27-26-21-16-24(30-12-13-31-24)15-18-14-19(25)5-6-20(18)28(21)22/h5-6,14,17H,3-4,7-13,15-16H2,1-2H3. The summed E-state index contributed by atoms with van der Waals surface area (Å²) in [4.78, 5) is 0. The van der Waals surface area contributed by atoms with Crippen molar-refractivity contribution >= 4 is 11.6 Å². The normalized spacial score (nSPS) is 27.1. The van der Waals surface area contributed by atoms with E-state index < -0.39 is 5.79 Å². The lowest BCUT2D eigenvalue weighted by Gasteiger charge is -2.39. The summed E-state index contributed by atoms with van der Waals surface area (Å²) in [7, 11) is 0. The van der Waals surface area contributed by atoms with Crippen molar-refractivity contribution in [2.75, 3.05) is 19.8 Å². The van der Waals surface area contributed by atoms with E-state index in [1.165, 1.54) is 0 Å². The van der Waals surface area contributed by atoms with Gasteiger partial charge in [0.2, 0.25) is 0 Å². The van der Waals surface area contributed by atoms with E-state index >= 15 is 0 Å². The van der Waals surface area contributed by atoms with Crippen LogP contribution in [0.25, 0.3) is 5.69 Å². The molecule has 0 radical (unpaired) electrons. The molecule has 6 nitrogen and oxygen atoms in total. The second-order valence-corrected chi connectivity index (χ2v) is 9.62. The van der Waals surface area contributed by atoms with Crippen molar-refractivity contribution in [3.8, 4) is 5.69 Å². The van der Waals surface area contributed by atoms with Crippen LogP contribution in [0.4, 0.5) is 0 Å². The van der Waals surface area contributed by atoms with Crippen molar-refractivity contribution in [1.29, 1.82) is 0 Å². The molecule has 0 amide bonds. The molecule has 3 aliphatic rings. The van der Waals surface area contributed by atoms with Crippen molar-refractivity contribution in [3.05, 3.63) is 40.4 Å². The number of aromatic nitrogens is 3. The van der Waals surface area contributed by atoms with E-state index in [9.17, 15) is 0 Å². The lowest BCUT2D eigenvalue weighted by atomic mass is 9.76. The van der Waals surface area contributed by atoms with Crippen LogP contribution in [-0.4, -0.2) is 46.0 Å². The number of benzene rings is 1. The summed E-state index contributed by atoms with van der Waals surface area (Å²) in [6.45, 7) is 6.34. The number of hydrogen-bond donors (Lipinski definition) is 0. The van der Waals surface area contributed by atoms with Crippen molar-refractivity contribution in [3.63, 3.8) is 0 Å². The number of ether oxygens (including phenoxy) is 3. The molecular weight excluding hydrogens is 414 g/mol. The van der Waals surface area contributed by atoms with Crippen molar-refractivity contribution in [1.82, 2.24) is 14.8 Å². The van der Waals surface area contributed by atoms with Crippen molar-refractivity contribution in [2.45, 2.75) is 82.5 Å². The molecule has 2 fully saturated rings. The van der Waals surface area contributed by atoms with E-state index in [-0.39, 0.29) is 5.60 Å². The van der Waals surface area contributed by atoms with E-state index in [0.29, 0.717) is 32.0 Å². The molecule has 31 heavy (non-hydrogen) atoms. The van der Waals surface area contributed by atoms with Gasteiger partial charge in [0.15, 0.2) is 5.79 Å². The fourth-order valence-corrected chi connectivity index (χ4v) is 6.01. The number of nitrogens with zero attached hydrogens (tertiary/aromatic N) is 3. The predicted molar refractivity (Wildman–Crippen MR) is 119 cm³/mol. The zero-order chi connectivity index (χ0) is 21.5. The average molecular weight is 446 g/mol. The number of halogens is 1. The molecule has 1 saturated heterocycles. The summed E-state index contributed by atoms with van der Waals surface area (Å²) in [6.07, 6.45) is 7.83. The first-order chi connectivity index (χ1) is 15.1. The Balaban J connectivity index is 1.49. The highest BCUT2D eigenvalue weighted by Crippen LogP contribution is 2.44. The van der Waals surface area contributed by atoms with Gasteiger partial charge in [-0.2, -0.15) is 0 Å². The molecule has 2 aliphatic heterocycles. The Kier molecular flexibility index (Phi) is 5.84. The van der Waals surface area contributed by atoms with Crippen LogP contribution >= 0.6 is 11.6 Å². The molecule has 1 aliphatic carbocycles. The maximum atomic E-state index is 6.37. The maximum Gasteiger partial charge on any atom is 0.179 e. The fraction of sp³-hybridized carbons (Fsp3) is 0.667. The number of hydrogen-bond acceptors (Lipinski definition) is 5. The minimum absolute atomic E-state index is 0.0304. The molecule has 1 aromatic carbocycles. The number of fused-ring (bicyclic) bond motifs is 3. The summed E-state index contributed by atoms with van der Waals surface area (Å²) >= 11 is 6.37. The van der Waals surface area contributed by atoms with E-state index in [1.807, 2.05) is 12.1 Å². The third kappa shape index (κ3) is 3.92. The van der Waals surface area contributed by atoms with Gasteiger partial charge in [-0.15, -0.1) is 10.2 Å². The van der Waals surface area contributed by atoms with Gasteiger partial charge in [0, 0.05) is 24.0 Å². The minimum atomic E-state index is -0.671.